The largest absolute Gasteiger partial charge is 0.477 e. The number of aliphatic hydroxyl groups excluding tert-OH is 2. The molecule has 18 atom stereocenters. The quantitative estimate of drug-likeness (QED) is 0.104. The lowest BCUT2D eigenvalue weighted by molar-refractivity contribution is -0.321. The minimum absolute atomic E-state index is 0.171. The molecule has 75 heavy (non-hydrogen) atoms. The molecule has 4 aliphatic rings. The number of methoxy groups -OCH3 is 1. The van der Waals surface area contributed by atoms with E-state index in [9.17, 15) is 39.9 Å². The van der Waals surface area contributed by atoms with Gasteiger partial charge in [0.15, 0.2) is 12.6 Å². The molecular formula is C56H91N3O16. The number of carboxylic acid groups (broad SMARTS) is 1. The van der Waals surface area contributed by atoms with Crippen molar-refractivity contribution >= 4 is 22.8 Å². The Morgan fingerprint density at radius 2 is 1.63 bits per heavy atom. The van der Waals surface area contributed by atoms with Gasteiger partial charge in [-0.05, 0) is 138 Å². The SMILES string of the molecule is CC[C@H]1OC(=O)[C@H](C)[C@@H](O[C@H]2C[C@@](C)(OC)[C@@H](OCCOCCCc3ccc4c(c3)c(=O)c(C(=O)O)cn4C3CC3)[C@H](C)O2)[C@H](C)[C@@H](O[C@@H]2O[C@H](C)C[C@H](N(C)C)[C@H]2O)[C@](C)(O)C[C@@H](C)CN(C)[C@H](C)[C@@H](O)[C@]1(C)O. The summed E-state index contributed by atoms with van der Waals surface area (Å²) in [7, 11) is 7.20. The molecule has 0 amide bonds. The van der Waals surface area contributed by atoms with Crippen LogP contribution in [-0.2, 0) is 49.1 Å². The zero-order valence-corrected chi connectivity index (χ0v) is 47.1. The Morgan fingerprint density at radius 3 is 2.25 bits per heavy atom. The number of aromatic nitrogens is 1. The summed E-state index contributed by atoms with van der Waals surface area (Å²) in [6, 6.07) is 5.01. The number of likely N-dealkylation sites (N-methyl/N-ethyl adjacent to an activating group) is 2. The maximum atomic E-state index is 14.6. The van der Waals surface area contributed by atoms with Gasteiger partial charge in [-0.2, -0.15) is 0 Å². The number of esters is 1. The molecule has 6 rings (SSSR count). The van der Waals surface area contributed by atoms with E-state index in [2.05, 4.69) is 0 Å². The van der Waals surface area contributed by atoms with E-state index < -0.39 is 107 Å². The average molecular weight is 1060 g/mol. The normalized spacial score (nSPS) is 39.0. The number of ether oxygens (including phenoxy) is 8. The fraction of sp³-hybridized carbons (Fsp3) is 0.804. The van der Waals surface area contributed by atoms with Crippen LogP contribution in [0.15, 0.2) is 29.2 Å². The number of carbonyl (C=O) groups is 2. The number of benzene rings is 1. The van der Waals surface area contributed by atoms with Crippen LogP contribution in [0, 0.1) is 17.8 Å². The van der Waals surface area contributed by atoms with Crippen LogP contribution >= 0.6 is 0 Å². The predicted octanol–water partition coefficient (Wildman–Crippen LogP) is 4.92. The van der Waals surface area contributed by atoms with E-state index in [0.717, 1.165) is 23.9 Å². The zero-order chi connectivity index (χ0) is 55.5. The number of rotatable bonds is 17. The Morgan fingerprint density at radius 1 is 0.933 bits per heavy atom. The molecule has 3 saturated heterocycles. The molecule has 0 spiro atoms. The molecule has 4 fully saturated rings. The van der Waals surface area contributed by atoms with Crippen molar-refractivity contribution < 1.29 is 73.0 Å². The minimum atomic E-state index is -1.84. The van der Waals surface area contributed by atoms with Crippen molar-refractivity contribution in [3.8, 4) is 0 Å². The Kier molecular flexibility index (Phi) is 20.6. The Hall–Kier alpha value is -3.15. The topological polar surface area (TPSA) is 238 Å². The molecule has 19 nitrogen and oxygen atoms in total. The molecule has 1 aromatic heterocycles. The molecule has 426 valence electrons. The maximum absolute atomic E-state index is 14.6. The minimum Gasteiger partial charge on any atom is -0.477 e. The van der Waals surface area contributed by atoms with Crippen molar-refractivity contribution in [2.75, 3.05) is 54.6 Å². The number of aromatic carboxylic acids is 1. The molecule has 3 aliphatic heterocycles. The van der Waals surface area contributed by atoms with Crippen LogP contribution in [0.25, 0.3) is 10.9 Å². The second-order valence-corrected chi connectivity index (χ2v) is 23.4. The third-order valence-corrected chi connectivity index (χ3v) is 16.7. The first-order chi connectivity index (χ1) is 35.1. The fourth-order valence-corrected chi connectivity index (χ4v) is 12.1. The molecule has 1 saturated carbocycles. The molecule has 2 aromatic rings. The number of aryl methyl sites for hydroxylation is 1. The maximum Gasteiger partial charge on any atom is 0.341 e. The number of fused-ring (bicyclic) bond motifs is 1. The summed E-state index contributed by atoms with van der Waals surface area (Å²) in [6.07, 6.45) is -3.40. The number of nitrogens with zero attached hydrogens (tertiary/aromatic N) is 3. The average Bonchev–Trinajstić information content (AvgIpc) is 4.19. The van der Waals surface area contributed by atoms with E-state index in [1.807, 2.05) is 82.3 Å². The van der Waals surface area contributed by atoms with Gasteiger partial charge in [0.25, 0.3) is 0 Å². The highest BCUT2D eigenvalue weighted by Crippen LogP contribution is 2.41. The standard InChI is InChI=1S/C56H91N3O16/c1-15-43-56(10,67)48(62)35(6)58(13)29-31(2)27-54(8,66)49(75-53-46(61)42(57(11)12)25-32(3)71-53)33(4)47(34(5)52(65)73-43)74-44-28-55(9,68-14)50(36(7)72-44)70-24-23-69-22-16-17-37-18-21-41-39(26-37)45(60)40(51(63)64)30-59(41)38-19-20-38/h18,21,26,30-36,38,42-44,46-50,53,61-62,66-67H,15-17,19-20,22-25,27-29H2,1-14H3,(H,63,64)/t31-,32-,33+,34-,35-,36+,42+,43-,44+,46-,47+,48-,49-,50+,53+,54-,55-,56-/m1/s1. The lowest BCUT2D eigenvalue weighted by Crippen LogP contribution is -2.61. The molecule has 19 heteroatoms. The van der Waals surface area contributed by atoms with Crippen LogP contribution in [0.3, 0.4) is 0 Å². The molecule has 0 unspecified atom stereocenters. The number of carboxylic acids is 1. The van der Waals surface area contributed by atoms with E-state index >= 15 is 0 Å². The van der Waals surface area contributed by atoms with Gasteiger partial charge in [0.1, 0.15) is 35.6 Å². The number of aliphatic hydroxyl groups is 4. The summed E-state index contributed by atoms with van der Waals surface area (Å²) in [4.78, 5) is 43.4. The Bertz CT molecular complexity index is 2270. The van der Waals surface area contributed by atoms with Crippen LogP contribution in [0.1, 0.15) is 136 Å². The van der Waals surface area contributed by atoms with Gasteiger partial charge in [0.2, 0.25) is 5.43 Å². The van der Waals surface area contributed by atoms with E-state index in [0.29, 0.717) is 37.8 Å². The summed E-state index contributed by atoms with van der Waals surface area (Å²) >= 11 is 0. The van der Waals surface area contributed by atoms with Crippen LogP contribution in [0.2, 0.25) is 0 Å². The Balaban J connectivity index is 1.18. The second kappa shape index (κ2) is 25.3. The molecule has 0 bridgehead atoms. The second-order valence-electron chi connectivity index (χ2n) is 23.4. The summed E-state index contributed by atoms with van der Waals surface area (Å²) in [5.41, 5.74) is -3.44. The van der Waals surface area contributed by atoms with E-state index in [1.54, 1.807) is 40.9 Å². The van der Waals surface area contributed by atoms with Crippen LogP contribution in [-0.4, -0.2) is 197 Å². The van der Waals surface area contributed by atoms with Crippen molar-refractivity contribution in [2.24, 2.45) is 17.8 Å². The first kappa shape index (κ1) is 61.1. The van der Waals surface area contributed by atoms with Gasteiger partial charge in [-0.3, -0.25) is 9.59 Å². The van der Waals surface area contributed by atoms with Crippen LogP contribution < -0.4 is 5.43 Å². The van der Waals surface area contributed by atoms with Crippen LogP contribution in [0.5, 0.6) is 0 Å². The summed E-state index contributed by atoms with van der Waals surface area (Å²) < 4.78 is 53.4. The summed E-state index contributed by atoms with van der Waals surface area (Å²) in [6.45, 7) is 19.3. The van der Waals surface area contributed by atoms with Gasteiger partial charge in [-0.15, -0.1) is 0 Å². The predicted molar refractivity (Wildman–Crippen MR) is 280 cm³/mol. The van der Waals surface area contributed by atoms with Gasteiger partial charge < -0.3 is 77.8 Å². The Labute approximate surface area is 444 Å². The van der Waals surface area contributed by atoms with Gasteiger partial charge in [-0.1, -0.05) is 26.8 Å². The molecular weight excluding hydrogens is 971 g/mol. The summed E-state index contributed by atoms with van der Waals surface area (Å²) in [5.74, 6) is -3.95. The molecule has 0 radical (unpaired) electrons. The van der Waals surface area contributed by atoms with Gasteiger partial charge in [-0.25, -0.2) is 4.79 Å². The first-order valence-corrected chi connectivity index (χ1v) is 27.3. The van der Waals surface area contributed by atoms with Crippen molar-refractivity contribution in [2.45, 2.75) is 217 Å². The van der Waals surface area contributed by atoms with Crippen molar-refractivity contribution in [3.05, 3.63) is 45.7 Å². The zero-order valence-electron chi connectivity index (χ0n) is 47.1. The first-order valence-electron chi connectivity index (χ1n) is 27.3. The van der Waals surface area contributed by atoms with Crippen LogP contribution in [0.4, 0.5) is 0 Å². The van der Waals surface area contributed by atoms with E-state index in [1.165, 1.54) is 13.1 Å². The van der Waals surface area contributed by atoms with Crippen molar-refractivity contribution in [1.82, 2.24) is 14.4 Å². The lowest BCUT2D eigenvalue weighted by Gasteiger charge is -2.49. The number of hydrogen-bond acceptors (Lipinski definition) is 17. The number of cyclic esters (lactones) is 1. The lowest BCUT2D eigenvalue weighted by atomic mass is 9.77. The third kappa shape index (κ3) is 14.2. The molecule has 4 heterocycles. The smallest absolute Gasteiger partial charge is 0.341 e. The fourth-order valence-electron chi connectivity index (χ4n) is 12.1. The highest BCUT2D eigenvalue weighted by molar-refractivity contribution is 5.92. The van der Waals surface area contributed by atoms with Gasteiger partial charge in [0, 0.05) is 62.3 Å². The highest BCUT2D eigenvalue weighted by Gasteiger charge is 2.53. The monoisotopic (exact) mass is 1060 g/mol. The van der Waals surface area contributed by atoms with E-state index in [-0.39, 0.29) is 62.1 Å². The number of hydrogen-bond donors (Lipinski definition) is 5. The molecule has 5 N–H and O–H groups in total. The highest BCUT2D eigenvalue weighted by atomic mass is 16.7. The van der Waals surface area contributed by atoms with E-state index in [4.69, 9.17) is 37.9 Å². The van der Waals surface area contributed by atoms with Crippen molar-refractivity contribution in [1.29, 1.82) is 0 Å². The van der Waals surface area contributed by atoms with Gasteiger partial charge >= 0.3 is 11.9 Å². The third-order valence-electron chi connectivity index (χ3n) is 16.7. The number of pyridine rings is 1. The summed E-state index contributed by atoms with van der Waals surface area (Å²) in [5, 5.41) is 58.2. The number of carbonyl (C=O) groups excluding carboxylic acids is 1. The van der Waals surface area contributed by atoms with Crippen molar-refractivity contribution in [3.63, 3.8) is 0 Å². The van der Waals surface area contributed by atoms with Gasteiger partial charge in [0.05, 0.1) is 60.3 Å². The molecule has 1 aromatic carbocycles. The molecule has 1 aliphatic carbocycles.